The lowest BCUT2D eigenvalue weighted by Gasteiger charge is -2.10. The monoisotopic (exact) mass is 170 g/mol. The summed E-state index contributed by atoms with van der Waals surface area (Å²) in [6.07, 6.45) is 0.696. The van der Waals surface area contributed by atoms with Crippen LogP contribution in [0.15, 0.2) is 27.6 Å². The third-order valence-electron chi connectivity index (χ3n) is 1.38. The Bertz CT molecular complexity index is 287. The second kappa shape index (κ2) is 4.04. The lowest BCUT2D eigenvalue weighted by atomic mass is 10.4. The Morgan fingerprint density at radius 3 is 2.58 bits per heavy atom. The van der Waals surface area contributed by atoms with Crippen molar-refractivity contribution in [1.82, 2.24) is 0 Å². The molecule has 0 spiro atoms. The summed E-state index contributed by atoms with van der Waals surface area (Å²) in [4.78, 5) is 10.9. The van der Waals surface area contributed by atoms with Crippen molar-refractivity contribution in [2.45, 2.75) is 6.29 Å². The maximum Gasteiger partial charge on any atom is 0.216 e. The van der Waals surface area contributed by atoms with Crippen LogP contribution in [0, 0.1) is 0 Å². The zero-order valence-electron chi connectivity index (χ0n) is 6.94. The minimum atomic E-state index is -0.612. The van der Waals surface area contributed by atoms with Gasteiger partial charge in [-0.25, -0.2) is 0 Å². The molecule has 0 amide bonds. The van der Waals surface area contributed by atoms with Gasteiger partial charge in [0.2, 0.25) is 6.29 Å². The summed E-state index contributed by atoms with van der Waals surface area (Å²) in [5, 5.41) is 0. The third kappa shape index (κ3) is 1.93. The first-order chi connectivity index (χ1) is 5.77. The van der Waals surface area contributed by atoms with E-state index in [0.717, 1.165) is 0 Å². The zero-order valence-corrected chi connectivity index (χ0v) is 6.94. The number of hydrogen-bond donors (Lipinski definition) is 0. The van der Waals surface area contributed by atoms with E-state index in [2.05, 4.69) is 0 Å². The molecular formula is C8H10O4. The third-order valence-corrected chi connectivity index (χ3v) is 1.38. The SMILES string of the molecule is COC(OC)c1cc(=O)cco1. The summed E-state index contributed by atoms with van der Waals surface area (Å²) in [6, 6.07) is 2.66. The second-order valence-corrected chi connectivity index (χ2v) is 2.17. The Morgan fingerprint density at radius 1 is 1.42 bits per heavy atom. The predicted octanol–water partition coefficient (Wildman–Crippen LogP) is 0.931. The lowest BCUT2D eigenvalue weighted by Crippen LogP contribution is -2.07. The first kappa shape index (κ1) is 8.96. The Hall–Kier alpha value is -1.13. The summed E-state index contributed by atoms with van der Waals surface area (Å²) >= 11 is 0. The highest BCUT2D eigenvalue weighted by Gasteiger charge is 2.10. The molecule has 1 heterocycles. The average Bonchev–Trinajstić information content (AvgIpc) is 2.07. The maximum absolute atomic E-state index is 10.9. The molecule has 0 N–H and O–H groups in total. The lowest BCUT2D eigenvalue weighted by molar-refractivity contribution is -0.118. The Labute approximate surface area is 69.7 Å². The van der Waals surface area contributed by atoms with E-state index in [1.165, 1.54) is 32.6 Å². The van der Waals surface area contributed by atoms with Crippen LogP contribution < -0.4 is 5.43 Å². The Kier molecular flexibility index (Phi) is 3.01. The van der Waals surface area contributed by atoms with E-state index < -0.39 is 6.29 Å². The molecule has 1 aromatic rings. The molecule has 12 heavy (non-hydrogen) atoms. The van der Waals surface area contributed by atoms with E-state index in [-0.39, 0.29) is 5.43 Å². The number of hydrogen-bond acceptors (Lipinski definition) is 4. The van der Waals surface area contributed by atoms with Crippen molar-refractivity contribution >= 4 is 0 Å². The van der Waals surface area contributed by atoms with E-state index >= 15 is 0 Å². The maximum atomic E-state index is 10.9. The van der Waals surface area contributed by atoms with Crippen LogP contribution in [0.5, 0.6) is 0 Å². The average molecular weight is 170 g/mol. The van der Waals surface area contributed by atoms with Crippen molar-refractivity contribution in [1.29, 1.82) is 0 Å². The van der Waals surface area contributed by atoms with E-state index in [9.17, 15) is 4.79 Å². The van der Waals surface area contributed by atoms with Gasteiger partial charge >= 0.3 is 0 Å². The molecule has 1 aromatic heterocycles. The number of ether oxygens (including phenoxy) is 2. The normalized spacial score (nSPS) is 10.6. The summed E-state index contributed by atoms with van der Waals surface area (Å²) in [7, 11) is 2.95. The first-order valence-corrected chi connectivity index (χ1v) is 3.42. The van der Waals surface area contributed by atoms with Gasteiger partial charge in [-0.3, -0.25) is 4.79 Å². The largest absolute Gasteiger partial charge is 0.464 e. The molecule has 0 bridgehead atoms. The zero-order chi connectivity index (χ0) is 8.97. The number of methoxy groups -OCH3 is 2. The fraction of sp³-hybridized carbons (Fsp3) is 0.375. The second-order valence-electron chi connectivity index (χ2n) is 2.17. The molecule has 0 unspecified atom stereocenters. The van der Waals surface area contributed by atoms with Crippen LogP contribution in [0.2, 0.25) is 0 Å². The van der Waals surface area contributed by atoms with E-state index in [1.807, 2.05) is 0 Å². The Balaban J connectivity index is 2.93. The minimum Gasteiger partial charge on any atom is -0.464 e. The van der Waals surface area contributed by atoms with Gasteiger partial charge < -0.3 is 13.9 Å². The molecule has 0 radical (unpaired) electrons. The van der Waals surface area contributed by atoms with Crippen molar-refractivity contribution in [2.24, 2.45) is 0 Å². The van der Waals surface area contributed by atoms with Crippen molar-refractivity contribution in [3.63, 3.8) is 0 Å². The highest BCUT2D eigenvalue weighted by atomic mass is 16.7. The first-order valence-electron chi connectivity index (χ1n) is 3.42. The van der Waals surface area contributed by atoms with Gasteiger partial charge in [0.25, 0.3) is 0 Å². The molecule has 4 nitrogen and oxygen atoms in total. The molecular weight excluding hydrogens is 160 g/mol. The molecule has 1 rings (SSSR count). The van der Waals surface area contributed by atoms with Crippen molar-refractivity contribution in [3.05, 3.63) is 34.4 Å². The van der Waals surface area contributed by atoms with Crippen LogP contribution in [-0.4, -0.2) is 14.2 Å². The van der Waals surface area contributed by atoms with Crippen LogP contribution >= 0.6 is 0 Å². The summed E-state index contributed by atoms with van der Waals surface area (Å²) in [6.45, 7) is 0. The molecule has 0 atom stereocenters. The summed E-state index contributed by atoms with van der Waals surface area (Å²) in [5.41, 5.74) is -0.129. The standard InChI is InChI=1S/C8H10O4/c1-10-8(11-2)7-5-6(9)3-4-12-7/h3-5,8H,1-2H3. The molecule has 4 heteroatoms. The topological polar surface area (TPSA) is 48.7 Å². The van der Waals surface area contributed by atoms with Gasteiger partial charge in [-0.1, -0.05) is 0 Å². The molecule has 0 aliphatic rings. The van der Waals surface area contributed by atoms with Gasteiger partial charge in [0.1, 0.15) is 0 Å². The molecule has 0 fully saturated rings. The number of rotatable bonds is 3. The predicted molar refractivity (Wildman–Crippen MR) is 41.7 cm³/mol. The summed E-state index contributed by atoms with van der Waals surface area (Å²) < 4.78 is 14.8. The van der Waals surface area contributed by atoms with Crippen LogP contribution in [0.1, 0.15) is 12.1 Å². The van der Waals surface area contributed by atoms with E-state index in [1.54, 1.807) is 0 Å². The van der Waals surface area contributed by atoms with Crippen LogP contribution in [0.4, 0.5) is 0 Å². The van der Waals surface area contributed by atoms with Gasteiger partial charge in [-0.2, -0.15) is 0 Å². The van der Waals surface area contributed by atoms with Crippen LogP contribution in [0.3, 0.4) is 0 Å². The molecule has 0 aromatic carbocycles. The van der Waals surface area contributed by atoms with E-state index in [0.29, 0.717) is 5.76 Å². The molecule has 0 aliphatic carbocycles. The van der Waals surface area contributed by atoms with Crippen LogP contribution in [-0.2, 0) is 9.47 Å². The van der Waals surface area contributed by atoms with Gasteiger partial charge in [0.05, 0.1) is 6.26 Å². The molecule has 0 aliphatic heterocycles. The molecule has 0 saturated heterocycles. The van der Waals surface area contributed by atoms with Gasteiger partial charge in [0, 0.05) is 26.4 Å². The minimum absolute atomic E-state index is 0.129. The van der Waals surface area contributed by atoms with Crippen LogP contribution in [0.25, 0.3) is 0 Å². The van der Waals surface area contributed by atoms with Crippen molar-refractivity contribution in [3.8, 4) is 0 Å². The Morgan fingerprint density at radius 2 is 2.08 bits per heavy atom. The molecule has 66 valence electrons. The smallest absolute Gasteiger partial charge is 0.216 e. The van der Waals surface area contributed by atoms with Crippen molar-refractivity contribution < 1.29 is 13.9 Å². The highest BCUT2D eigenvalue weighted by Crippen LogP contribution is 2.14. The van der Waals surface area contributed by atoms with Gasteiger partial charge in [0.15, 0.2) is 11.2 Å². The van der Waals surface area contributed by atoms with Gasteiger partial charge in [-0.05, 0) is 0 Å². The fourth-order valence-corrected chi connectivity index (χ4v) is 0.854. The molecule has 0 saturated carbocycles. The van der Waals surface area contributed by atoms with Gasteiger partial charge in [-0.15, -0.1) is 0 Å². The van der Waals surface area contributed by atoms with E-state index in [4.69, 9.17) is 13.9 Å². The summed E-state index contributed by atoms with van der Waals surface area (Å²) in [5.74, 6) is 0.368. The highest BCUT2D eigenvalue weighted by molar-refractivity contribution is 5.00. The fourth-order valence-electron chi connectivity index (χ4n) is 0.854. The quantitative estimate of drug-likeness (QED) is 0.633. The van der Waals surface area contributed by atoms with Crippen molar-refractivity contribution in [2.75, 3.05) is 14.2 Å².